The van der Waals surface area contributed by atoms with E-state index in [-0.39, 0.29) is 17.9 Å². The number of nitrogens with zero attached hydrogens (tertiary/aromatic N) is 8. The molecular formula is C26H24F3IN8O-. The molecule has 9 nitrogen and oxygen atoms in total. The molecular weight excluding hydrogens is 624 g/mol. The minimum Gasteiger partial charge on any atom is -0.654 e. The van der Waals surface area contributed by atoms with Crippen molar-refractivity contribution in [3.63, 3.8) is 0 Å². The van der Waals surface area contributed by atoms with E-state index in [0.717, 1.165) is 60.9 Å². The molecule has 1 saturated carbocycles. The topological polar surface area (TPSA) is 86.8 Å². The lowest BCUT2D eigenvalue weighted by molar-refractivity contribution is -0.438. The van der Waals surface area contributed by atoms with Gasteiger partial charge in [0.05, 0.1) is 36.3 Å². The Balaban J connectivity index is 1.27. The van der Waals surface area contributed by atoms with E-state index in [1.165, 1.54) is 14.0 Å². The third-order valence-electron chi connectivity index (χ3n) is 7.94. The number of anilines is 1. The van der Waals surface area contributed by atoms with Gasteiger partial charge in [0.2, 0.25) is 5.88 Å². The fourth-order valence-corrected chi connectivity index (χ4v) is 6.71. The number of hydrogen-bond acceptors (Lipinski definition) is 7. The Morgan fingerprint density at radius 1 is 1.08 bits per heavy atom. The maximum absolute atomic E-state index is 13.2. The molecule has 39 heavy (non-hydrogen) atoms. The van der Waals surface area contributed by atoms with Crippen LogP contribution in [0.2, 0.25) is 0 Å². The van der Waals surface area contributed by atoms with E-state index < -0.39 is 11.9 Å². The predicted molar refractivity (Wildman–Crippen MR) is 131 cm³/mol. The summed E-state index contributed by atoms with van der Waals surface area (Å²) in [4.78, 5) is 19.8. The number of methoxy groups -OCH3 is 1. The molecule has 4 aromatic rings. The molecule has 6 heterocycles. The number of fused-ring (bicyclic) bond motifs is 4. The Kier molecular flexibility index (Phi) is 5.65. The van der Waals surface area contributed by atoms with Gasteiger partial charge in [-0.2, -0.15) is 18.3 Å². The summed E-state index contributed by atoms with van der Waals surface area (Å²) in [7, 11) is 3.62. The summed E-state index contributed by atoms with van der Waals surface area (Å²) in [5.41, 5.74) is 5.50. The van der Waals surface area contributed by atoms with E-state index >= 15 is 0 Å². The summed E-state index contributed by atoms with van der Waals surface area (Å²) < 4.78 is 48.5. The molecule has 2 atom stereocenters. The first-order chi connectivity index (χ1) is 18.7. The minimum absolute atomic E-state index is 0.0791. The van der Waals surface area contributed by atoms with Crippen molar-refractivity contribution >= 4 is 5.69 Å². The van der Waals surface area contributed by atoms with Gasteiger partial charge in [-0.05, 0) is 37.8 Å². The van der Waals surface area contributed by atoms with Crippen LogP contribution in [0.4, 0.5) is 18.9 Å². The highest BCUT2D eigenvalue weighted by Crippen LogP contribution is 2.52. The van der Waals surface area contributed by atoms with Gasteiger partial charge in [0.25, 0.3) is 0 Å². The van der Waals surface area contributed by atoms with E-state index in [9.17, 15) is 13.2 Å². The zero-order chi connectivity index (χ0) is 27.1. The van der Waals surface area contributed by atoms with E-state index in [0.29, 0.717) is 17.5 Å². The first-order valence-corrected chi connectivity index (χ1v) is 13.7. The van der Waals surface area contributed by atoms with Gasteiger partial charge in [0.1, 0.15) is 23.5 Å². The molecule has 13 heteroatoms. The molecule has 2 fully saturated rings. The van der Waals surface area contributed by atoms with Gasteiger partial charge in [0.15, 0.2) is 5.69 Å². The summed E-state index contributed by atoms with van der Waals surface area (Å²) in [5.74, 6) is 1.10. The third kappa shape index (κ3) is 3.99. The van der Waals surface area contributed by atoms with Gasteiger partial charge < -0.3 is 35.3 Å². The van der Waals surface area contributed by atoms with Crippen LogP contribution in [0.15, 0.2) is 30.9 Å². The van der Waals surface area contributed by atoms with Crippen LogP contribution in [0.3, 0.4) is 0 Å². The first-order valence-electron chi connectivity index (χ1n) is 12.8. The number of imidazole rings is 1. The lowest BCUT2D eigenvalue weighted by Crippen LogP contribution is -3.37. The number of aryl methyl sites for hydroxylation is 1. The van der Waals surface area contributed by atoms with Crippen molar-refractivity contribution < 1.29 is 40.8 Å². The summed E-state index contributed by atoms with van der Waals surface area (Å²) in [5, 5.41) is 4.99. The Morgan fingerprint density at radius 2 is 1.90 bits per heavy atom. The number of ether oxygens (including phenoxy) is 1. The maximum atomic E-state index is 13.2. The monoisotopic (exact) mass is 648 g/mol. The molecule has 1 saturated heterocycles. The SMILES string of the molecule is COc1ncnc(C2CC2)c1-c1nn(C)c2c1C1CCC(C2)N1c1ccc(-c2nc(C(F)(F)F)cn2[I-])nc1. The zero-order valence-electron chi connectivity index (χ0n) is 21.2. The fraction of sp³-hybridized carbons (Fsp3) is 0.423. The maximum Gasteiger partial charge on any atom is 0.434 e. The first kappa shape index (κ1) is 24.8. The number of pyridine rings is 1. The standard InChI is InChI=1S/C26H24F3IN8O/c1-36-18-9-14-6-8-17(20(18)23(35-36)21-22(13-3-4-13)32-12-33-25(21)39-2)38(14)15-5-7-16(31-10-15)24-34-19(11-37(24)30)26(27,28)29/h5,7,10-14,17H,3-4,6,8-9H2,1-2H3/q-1. The Bertz CT molecular complexity index is 1580. The van der Waals surface area contributed by atoms with E-state index in [1.54, 1.807) is 48.6 Å². The molecule has 0 amide bonds. The average Bonchev–Trinajstić information content (AvgIpc) is 3.52. The molecule has 203 valence electrons. The van der Waals surface area contributed by atoms with Crippen molar-refractivity contribution in [2.45, 2.75) is 56.3 Å². The second kappa shape index (κ2) is 8.89. The summed E-state index contributed by atoms with van der Waals surface area (Å²) in [6, 6.07) is 4.02. The molecule has 1 radical (unpaired) electrons. The molecule has 0 spiro atoms. The van der Waals surface area contributed by atoms with Gasteiger partial charge >= 0.3 is 6.18 Å². The Labute approximate surface area is 235 Å². The normalized spacial score (nSPS) is 20.4. The van der Waals surface area contributed by atoms with Crippen molar-refractivity contribution in [3.05, 3.63) is 53.5 Å². The highest BCUT2D eigenvalue weighted by atomic mass is 127. The summed E-state index contributed by atoms with van der Waals surface area (Å²) in [6.45, 7) is 0. The van der Waals surface area contributed by atoms with Gasteiger partial charge in [-0.15, -0.1) is 0 Å². The highest BCUT2D eigenvalue weighted by molar-refractivity contribution is 5.75. The smallest absolute Gasteiger partial charge is 0.434 e. The van der Waals surface area contributed by atoms with Crippen molar-refractivity contribution in [2.24, 2.45) is 7.05 Å². The van der Waals surface area contributed by atoms with Crippen molar-refractivity contribution in [1.29, 1.82) is 0 Å². The van der Waals surface area contributed by atoms with Crippen LogP contribution in [0.25, 0.3) is 22.8 Å². The van der Waals surface area contributed by atoms with Crippen LogP contribution in [0, 0.1) is 0 Å². The minimum atomic E-state index is -4.51. The number of hydrogen-bond donors (Lipinski definition) is 0. The molecule has 1 aliphatic carbocycles. The van der Waals surface area contributed by atoms with Gasteiger partial charge in [0, 0.05) is 42.9 Å². The Morgan fingerprint density at radius 3 is 2.56 bits per heavy atom. The van der Waals surface area contributed by atoms with Gasteiger partial charge in [-0.1, -0.05) is 0 Å². The van der Waals surface area contributed by atoms with Crippen LogP contribution in [0.5, 0.6) is 5.88 Å². The number of aromatic nitrogens is 7. The number of halogens is 4. The average molecular weight is 648 g/mol. The largest absolute Gasteiger partial charge is 0.654 e. The van der Waals surface area contributed by atoms with Gasteiger partial charge in [-0.3, -0.25) is 9.67 Å². The summed E-state index contributed by atoms with van der Waals surface area (Å²) >= 11 is 1.80. The molecule has 3 aliphatic rings. The Hall–Kier alpha value is -3.23. The van der Waals surface area contributed by atoms with Crippen molar-refractivity contribution in [3.8, 4) is 28.7 Å². The predicted octanol–water partition coefficient (Wildman–Crippen LogP) is 1.62. The second-order valence-electron chi connectivity index (χ2n) is 10.3. The van der Waals surface area contributed by atoms with Crippen LogP contribution in [-0.2, 0) is 19.6 Å². The lowest BCUT2D eigenvalue weighted by atomic mass is 9.93. The summed E-state index contributed by atoms with van der Waals surface area (Å²) in [6.07, 6.45) is 4.76. The third-order valence-corrected chi connectivity index (χ3v) is 8.67. The molecule has 7 rings (SSSR count). The molecule has 2 aliphatic heterocycles. The molecule has 4 aromatic heterocycles. The quantitative estimate of drug-likeness (QED) is 0.305. The second-order valence-corrected chi connectivity index (χ2v) is 11.3. The van der Waals surface area contributed by atoms with Crippen LogP contribution < -0.4 is 32.5 Å². The van der Waals surface area contributed by atoms with Crippen LogP contribution in [-0.4, -0.2) is 45.6 Å². The van der Waals surface area contributed by atoms with Crippen LogP contribution in [0.1, 0.15) is 60.3 Å². The molecule has 2 bridgehead atoms. The zero-order valence-corrected chi connectivity index (χ0v) is 23.3. The van der Waals surface area contributed by atoms with Crippen molar-refractivity contribution in [1.82, 2.24) is 32.5 Å². The van der Waals surface area contributed by atoms with E-state index in [1.807, 2.05) is 17.8 Å². The molecule has 0 N–H and O–H groups in total. The number of rotatable bonds is 5. The molecule has 2 unspecified atom stereocenters. The fourth-order valence-electron chi connectivity index (χ4n) is 6.09. The van der Waals surface area contributed by atoms with E-state index in [4.69, 9.17) is 9.84 Å². The highest BCUT2D eigenvalue weighted by Gasteiger charge is 2.45. The number of alkyl halides is 3. The van der Waals surface area contributed by atoms with Crippen LogP contribution >= 0.6 is 0 Å². The van der Waals surface area contributed by atoms with Gasteiger partial charge in [-0.25, -0.2) is 15.0 Å². The van der Waals surface area contributed by atoms with Crippen molar-refractivity contribution in [2.75, 3.05) is 12.0 Å². The van der Waals surface area contributed by atoms with E-state index in [2.05, 4.69) is 24.8 Å². The lowest BCUT2D eigenvalue weighted by Gasteiger charge is -2.37. The molecule has 0 aromatic carbocycles.